The molecule has 1 heterocycles. The van der Waals surface area contributed by atoms with Crippen molar-refractivity contribution in [3.8, 4) is 0 Å². The Hall–Kier alpha value is -2.05. The molecule has 0 spiro atoms. The second kappa shape index (κ2) is 5.54. The van der Waals surface area contributed by atoms with Crippen molar-refractivity contribution < 1.29 is 27.9 Å². The van der Waals surface area contributed by atoms with E-state index in [9.17, 15) is 27.9 Å². The number of halogens is 3. The van der Waals surface area contributed by atoms with Crippen LogP contribution in [0.15, 0.2) is 24.3 Å². The third-order valence-electron chi connectivity index (χ3n) is 4.86. The van der Waals surface area contributed by atoms with Gasteiger partial charge in [0.2, 0.25) is 0 Å². The Labute approximate surface area is 130 Å². The second-order valence-electron chi connectivity index (χ2n) is 6.17. The fourth-order valence-electron chi connectivity index (χ4n) is 3.80. The minimum Gasteiger partial charge on any atom is -0.480 e. The molecule has 124 valence electrons. The summed E-state index contributed by atoms with van der Waals surface area (Å²) in [5, 5.41) is 9.43. The number of fused-ring (bicyclic) bond motifs is 1. The number of benzene rings is 1. The van der Waals surface area contributed by atoms with Gasteiger partial charge in [-0.2, -0.15) is 13.2 Å². The highest BCUT2D eigenvalue weighted by Gasteiger charge is 2.49. The van der Waals surface area contributed by atoms with Gasteiger partial charge in [0.1, 0.15) is 6.04 Å². The lowest BCUT2D eigenvalue weighted by atomic mass is 9.94. The molecule has 0 bridgehead atoms. The number of amides is 1. The van der Waals surface area contributed by atoms with E-state index in [1.54, 1.807) is 0 Å². The van der Waals surface area contributed by atoms with Crippen LogP contribution >= 0.6 is 0 Å². The Balaban J connectivity index is 1.83. The van der Waals surface area contributed by atoms with E-state index in [0.717, 1.165) is 43.5 Å². The fraction of sp³-hybridized carbons (Fsp3) is 0.500. The van der Waals surface area contributed by atoms with Crippen LogP contribution in [0.2, 0.25) is 0 Å². The topological polar surface area (TPSA) is 57.6 Å². The Bertz CT molecular complexity index is 626. The third-order valence-corrected chi connectivity index (χ3v) is 4.86. The SMILES string of the molecule is O=C(O)C1C2CCCC2CN1C(=O)c1ccc(C(F)(F)F)cc1. The number of nitrogens with zero attached hydrogens (tertiary/aromatic N) is 1. The summed E-state index contributed by atoms with van der Waals surface area (Å²) in [5.41, 5.74) is -0.744. The predicted molar refractivity (Wildman–Crippen MR) is 74.7 cm³/mol. The normalized spacial score (nSPS) is 27.1. The van der Waals surface area contributed by atoms with Gasteiger partial charge in [0.05, 0.1) is 5.56 Å². The molecule has 1 N–H and O–H groups in total. The molecule has 4 nitrogen and oxygen atoms in total. The second-order valence-corrected chi connectivity index (χ2v) is 6.17. The molecule has 1 aromatic carbocycles. The zero-order valence-electron chi connectivity index (χ0n) is 12.2. The molecule has 3 atom stereocenters. The van der Waals surface area contributed by atoms with E-state index >= 15 is 0 Å². The summed E-state index contributed by atoms with van der Waals surface area (Å²) in [6.45, 7) is 0.363. The molecule has 1 aliphatic heterocycles. The van der Waals surface area contributed by atoms with Gasteiger partial charge in [-0.15, -0.1) is 0 Å². The zero-order valence-corrected chi connectivity index (χ0v) is 12.2. The lowest BCUT2D eigenvalue weighted by molar-refractivity contribution is -0.142. The maximum absolute atomic E-state index is 12.6. The average molecular weight is 327 g/mol. The van der Waals surface area contributed by atoms with Crippen molar-refractivity contribution in [3.05, 3.63) is 35.4 Å². The zero-order chi connectivity index (χ0) is 16.8. The number of carboxylic acids is 1. The summed E-state index contributed by atoms with van der Waals surface area (Å²) in [5.74, 6) is -1.43. The number of carbonyl (C=O) groups excluding carboxylic acids is 1. The number of carboxylic acid groups (broad SMARTS) is 1. The van der Waals surface area contributed by atoms with Crippen LogP contribution in [0.25, 0.3) is 0 Å². The van der Waals surface area contributed by atoms with Crippen LogP contribution in [-0.2, 0) is 11.0 Å². The summed E-state index contributed by atoms with van der Waals surface area (Å²) in [6.07, 6.45) is -1.83. The summed E-state index contributed by atoms with van der Waals surface area (Å²) in [6, 6.07) is 3.04. The molecule has 1 aromatic rings. The molecule has 1 amide bonds. The van der Waals surface area contributed by atoms with Crippen LogP contribution in [0.3, 0.4) is 0 Å². The Kier molecular flexibility index (Phi) is 3.82. The van der Waals surface area contributed by atoms with E-state index in [1.165, 1.54) is 4.90 Å². The highest BCUT2D eigenvalue weighted by atomic mass is 19.4. The third kappa shape index (κ3) is 2.80. The van der Waals surface area contributed by atoms with Crippen LogP contribution in [0, 0.1) is 11.8 Å². The highest BCUT2D eigenvalue weighted by Crippen LogP contribution is 2.42. The number of rotatable bonds is 2. The Morgan fingerprint density at radius 3 is 2.35 bits per heavy atom. The van der Waals surface area contributed by atoms with Crippen LogP contribution < -0.4 is 0 Å². The van der Waals surface area contributed by atoms with Gasteiger partial charge in [0, 0.05) is 12.1 Å². The molecule has 3 unspecified atom stereocenters. The largest absolute Gasteiger partial charge is 0.480 e. The number of likely N-dealkylation sites (tertiary alicyclic amines) is 1. The standard InChI is InChI=1S/C16H16F3NO3/c17-16(18,19)11-6-4-9(5-7-11)14(21)20-8-10-2-1-3-12(10)13(20)15(22)23/h4-7,10,12-13H,1-3,8H2,(H,22,23). The fourth-order valence-corrected chi connectivity index (χ4v) is 3.80. The summed E-state index contributed by atoms with van der Waals surface area (Å²) < 4.78 is 37.7. The molecule has 2 fully saturated rings. The number of hydrogen-bond donors (Lipinski definition) is 1. The molecule has 0 aromatic heterocycles. The Morgan fingerprint density at radius 2 is 1.78 bits per heavy atom. The summed E-state index contributed by atoms with van der Waals surface area (Å²) >= 11 is 0. The first-order chi connectivity index (χ1) is 10.8. The van der Waals surface area contributed by atoms with E-state index in [2.05, 4.69) is 0 Å². The molecule has 1 saturated heterocycles. The van der Waals surface area contributed by atoms with Crippen molar-refractivity contribution >= 4 is 11.9 Å². The van der Waals surface area contributed by atoms with E-state index in [0.29, 0.717) is 6.54 Å². The van der Waals surface area contributed by atoms with Gasteiger partial charge >= 0.3 is 12.1 Å². The van der Waals surface area contributed by atoms with Crippen molar-refractivity contribution in [1.29, 1.82) is 0 Å². The van der Waals surface area contributed by atoms with E-state index in [4.69, 9.17) is 0 Å². The first kappa shape index (κ1) is 15.8. The van der Waals surface area contributed by atoms with Crippen molar-refractivity contribution in [2.45, 2.75) is 31.5 Å². The van der Waals surface area contributed by atoms with Gasteiger partial charge in [-0.3, -0.25) is 4.79 Å². The highest BCUT2D eigenvalue weighted by molar-refractivity contribution is 5.97. The van der Waals surface area contributed by atoms with E-state index in [1.807, 2.05) is 0 Å². The maximum Gasteiger partial charge on any atom is 0.416 e. The quantitative estimate of drug-likeness (QED) is 0.908. The van der Waals surface area contributed by atoms with E-state index < -0.39 is 29.7 Å². The Morgan fingerprint density at radius 1 is 1.13 bits per heavy atom. The average Bonchev–Trinajstić information content (AvgIpc) is 3.05. The monoisotopic (exact) mass is 327 g/mol. The molecular weight excluding hydrogens is 311 g/mol. The molecule has 1 saturated carbocycles. The van der Waals surface area contributed by atoms with Crippen LogP contribution in [0.1, 0.15) is 35.2 Å². The van der Waals surface area contributed by atoms with Crippen LogP contribution in [-0.4, -0.2) is 34.5 Å². The lowest BCUT2D eigenvalue weighted by Crippen LogP contribution is -2.43. The summed E-state index contributed by atoms with van der Waals surface area (Å²) in [4.78, 5) is 25.4. The van der Waals surface area contributed by atoms with Crippen molar-refractivity contribution in [1.82, 2.24) is 4.90 Å². The van der Waals surface area contributed by atoms with Gasteiger partial charge in [-0.05, 0) is 48.9 Å². The van der Waals surface area contributed by atoms with Gasteiger partial charge in [-0.1, -0.05) is 6.42 Å². The number of hydrogen-bond acceptors (Lipinski definition) is 2. The van der Waals surface area contributed by atoms with Crippen molar-refractivity contribution in [2.75, 3.05) is 6.54 Å². The molecule has 7 heteroatoms. The van der Waals surface area contributed by atoms with Gasteiger partial charge in [-0.25, -0.2) is 4.79 Å². The lowest BCUT2D eigenvalue weighted by Gasteiger charge is -2.24. The van der Waals surface area contributed by atoms with Gasteiger partial charge in [0.15, 0.2) is 0 Å². The molecule has 23 heavy (non-hydrogen) atoms. The number of carbonyl (C=O) groups is 2. The van der Waals surface area contributed by atoms with Crippen LogP contribution in [0.5, 0.6) is 0 Å². The van der Waals surface area contributed by atoms with E-state index in [-0.39, 0.29) is 17.4 Å². The number of aliphatic carboxylic acids is 1. The maximum atomic E-state index is 12.6. The smallest absolute Gasteiger partial charge is 0.416 e. The van der Waals surface area contributed by atoms with Gasteiger partial charge in [0.25, 0.3) is 5.91 Å². The molecule has 3 rings (SSSR count). The van der Waals surface area contributed by atoms with Crippen molar-refractivity contribution in [2.24, 2.45) is 11.8 Å². The van der Waals surface area contributed by atoms with Crippen LogP contribution in [0.4, 0.5) is 13.2 Å². The summed E-state index contributed by atoms with van der Waals surface area (Å²) in [7, 11) is 0. The molecule has 0 radical (unpaired) electrons. The van der Waals surface area contributed by atoms with Gasteiger partial charge < -0.3 is 10.0 Å². The predicted octanol–water partition coefficient (Wildman–Crippen LogP) is 3.03. The molecular formula is C16H16F3NO3. The first-order valence-corrected chi connectivity index (χ1v) is 7.50. The molecule has 1 aliphatic carbocycles. The molecule has 2 aliphatic rings. The minimum absolute atomic E-state index is 0.0501. The first-order valence-electron chi connectivity index (χ1n) is 7.50. The van der Waals surface area contributed by atoms with Crippen molar-refractivity contribution in [3.63, 3.8) is 0 Å². The number of alkyl halides is 3. The minimum atomic E-state index is -4.46.